The molecule has 2 aliphatic rings. The van der Waals surface area contributed by atoms with Crippen molar-refractivity contribution in [3.63, 3.8) is 0 Å². The summed E-state index contributed by atoms with van der Waals surface area (Å²) in [5.74, 6) is 1.16. The second-order valence-corrected chi connectivity index (χ2v) is 7.50. The Hall–Kier alpha value is -2.94. The van der Waals surface area contributed by atoms with Gasteiger partial charge in [0.2, 0.25) is 5.95 Å². The minimum Gasteiger partial charge on any atom is -0.445 e. The van der Waals surface area contributed by atoms with Crippen LogP contribution < -0.4 is 10.2 Å². The predicted molar refractivity (Wildman–Crippen MR) is 110 cm³/mol. The molecule has 0 saturated carbocycles. The van der Waals surface area contributed by atoms with E-state index in [1.165, 1.54) is 4.90 Å². The number of anilines is 2. The third-order valence-corrected chi connectivity index (χ3v) is 5.20. The minimum absolute atomic E-state index is 0.0204. The number of likely N-dealkylation sites (tertiary alicyclic amines) is 1. The Labute approximate surface area is 175 Å². The first-order chi connectivity index (χ1) is 14.6. The lowest BCUT2D eigenvalue weighted by Crippen LogP contribution is -2.37. The highest BCUT2D eigenvalue weighted by Crippen LogP contribution is 2.21. The maximum absolute atomic E-state index is 14.6. The molecular weight excluding hydrogens is 389 g/mol. The first-order valence-electron chi connectivity index (χ1n) is 10.1. The summed E-state index contributed by atoms with van der Waals surface area (Å²) in [5, 5.41) is 3.07. The molecule has 2 aliphatic heterocycles. The lowest BCUT2D eigenvalue weighted by atomic mass is 10.2. The van der Waals surface area contributed by atoms with Gasteiger partial charge in [0.1, 0.15) is 18.6 Å². The van der Waals surface area contributed by atoms with Gasteiger partial charge in [-0.25, -0.2) is 14.2 Å². The van der Waals surface area contributed by atoms with E-state index >= 15 is 0 Å². The third kappa shape index (κ3) is 4.96. The average molecular weight is 415 g/mol. The average Bonchev–Trinajstić information content (AvgIpc) is 3.13. The van der Waals surface area contributed by atoms with E-state index in [1.54, 1.807) is 0 Å². The Morgan fingerprint density at radius 3 is 2.77 bits per heavy atom. The first kappa shape index (κ1) is 20.3. The Morgan fingerprint density at radius 1 is 1.23 bits per heavy atom. The van der Waals surface area contributed by atoms with Gasteiger partial charge in [-0.1, -0.05) is 30.3 Å². The molecule has 2 unspecified atom stereocenters. The van der Waals surface area contributed by atoms with Crippen molar-refractivity contribution in [3.05, 3.63) is 47.7 Å². The van der Waals surface area contributed by atoms with Crippen molar-refractivity contribution < 1.29 is 18.7 Å². The van der Waals surface area contributed by atoms with Gasteiger partial charge >= 0.3 is 6.09 Å². The molecule has 2 saturated heterocycles. The first-order valence-corrected chi connectivity index (χ1v) is 10.1. The van der Waals surface area contributed by atoms with E-state index in [9.17, 15) is 9.18 Å². The van der Waals surface area contributed by atoms with Gasteiger partial charge in [-0.3, -0.25) is 0 Å². The number of nitrogens with one attached hydrogen (secondary N) is 1. The van der Waals surface area contributed by atoms with Crippen molar-refractivity contribution in [2.75, 3.05) is 49.6 Å². The third-order valence-electron chi connectivity index (χ3n) is 5.20. The number of carbonyl (C=O) groups excluding carboxylic acids is 1. The van der Waals surface area contributed by atoms with E-state index in [1.807, 2.05) is 43.3 Å². The highest BCUT2D eigenvalue weighted by molar-refractivity contribution is 5.68. The van der Waals surface area contributed by atoms with Crippen molar-refractivity contribution in [1.29, 1.82) is 0 Å². The lowest BCUT2D eigenvalue weighted by Gasteiger charge is -2.28. The number of halogens is 1. The van der Waals surface area contributed by atoms with Crippen molar-refractivity contribution in [2.24, 2.45) is 0 Å². The quantitative estimate of drug-likeness (QED) is 0.803. The molecule has 2 fully saturated rings. The highest BCUT2D eigenvalue weighted by Gasteiger charge is 2.36. The Balaban J connectivity index is 1.36. The molecule has 0 spiro atoms. The number of amides is 1. The predicted octanol–water partition coefficient (Wildman–Crippen LogP) is 2.39. The van der Waals surface area contributed by atoms with Crippen LogP contribution in [0.25, 0.3) is 0 Å². The monoisotopic (exact) mass is 415 g/mol. The topological polar surface area (TPSA) is 79.8 Å². The van der Waals surface area contributed by atoms with Crippen LogP contribution in [0.3, 0.4) is 0 Å². The van der Waals surface area contributed by atoms with Crippen LogP contribution in [0.4, 0.5) is 21.0 Å². The molecule has 1 N–H and O–H groups in total. The van der Waals surface area contributed by atoms with Gasteiger partial charge < -0.3 is 24.6 Å². The van der Waals surface area contributed by atoms with Crippen LogP contribution >= 0.6 is 0 Å². The number of benzene rings is 1. The number of morpholine rings is 1. The number of nitrogens with zero attached hydrogens (tertiary/aromatic N) is 4. The maximum atomic E-state index is 14.6. The number of hydrogen-bond donors (Lipinski definition) is 1. The summed E-state index contributed by atoms with van der Waals surface area (Å²) in [4.78, 5) is 24.8. The molecule has 9 heteroatoms. The molecule has 4 rings (SSSR count). The zero-order chi connectivity index (χ0) is 20.9. The van der Waals surface area contributed by atoms with Gasteiger partial charge in [0.05, 0.1) is 25.8 Å². The van der Waals surface area contributed by atoms with E-state index in [2.05, 4.69) is 20.2 Å². The Bertz CT molecular complexity index is 863. The number of alkyl halides is 1. The molecule has 160 valence electrons. The largest absolute Gasteiger partial charge is 0.445 e. The van der Waals surface area contributed by atoms with E-state index in [0.29, 0.717) is 19.2 Å². The van der Waals surface area contributed by atoms with Crippen molar-refractivity contribution in [2.45, 2.75) is 25.7 Å². The SMILES string of the molecule is Cc1cc(N2CCOCC2)nc(NC2CN(C(=O)OCc3ccccc3)CC2F)n1. The van der Waals surface area contributed by atoms with Gasteiger partial charge in [-0.15, -0.1) is 0 Å². The zero-order valence-corrected chi connectivity index (χ0v) is 17.0. The van der Waals surface area contributed by atoms with Crippen molar-refractivity contribution in [3.8, 4) is 0 Å². The molecule has 2 aromatic rings. The highest BCUT2D eigenvalue weighted by atomic mass is 19.1. The molecule has 0 bridgehead atoms. The van der Waals surface area contributed by atoms with Crippen LogP contribution in [0, 0.1) is 6.92 Å². The number of hydrogen-bond acceptors (Lipinski definition) is 7. The van der Waals surface area contributed by atoms with Gasteiger partial charge in [0.15, 0.2) is 0 Å². The van der Waals surface area contributed by atoms with Crippen LogP contribution in [0.2, 0.25) is 0 Å². The van der Waals surface area contributed by atoms with Gasteiger partial charge in [0.25, 0.3) is 0 Å². The van der Waals surface area contributed by atoms with Gasteiger partial charge in [-0.05, 0) is 12.5 Å². The number of aryl methyl sites for hydroxylation is 1. The second-order valence-electron chi connectivity index (χ2n) is 7.50. The Morgan fingerprint density at radius 2 is 2.00 bits per heavy atom. The maximum Gasteiger partial charge on any atom is 0.410 e. The van der Waals surface area contributed by atoms with Crippen LogP contribution in [-0.4, -0.2) is 72.6 Å². The normalized spacial score (nSPS) is 21.5. The van der Waals surface area contributed by atoms with E-state index in [0.717, 1.165) is 30.2 Å². The fourth-order valence-corrected chi connectivity index (χ4v) is 3.60. The molecule has 0 radical (unpaired) electrons. The van der Waals surface area contributed by atoms with E-state index in [-0.39, 0.29) is 19.7 Å². The summed E-state index contributed by atoms with van der Waals surface area (Å²) in [5.41, 5.74) is 1.68. The van der Waals surface area contributed by atoms with Crippen LogP contribution in [0.1, 0.15) is 11.3 Å². The molecule has 3 heterocycles. The number of ether oxygens (including phenoxy) is 2. The molecule has 1 amide bonds. The molecule has 0 aliphatic carbocycles. The zero-order valence-electron chi connectivity index (χ0n) is 17.0. The van der Waals surface area contributed by atoms with E-state index in [4.69, 9.17) is 9.47 Å². The summed E-state index contributed by atoms with van der Waals surface area (Å²) in [6.07, 6.45) is -1.75. The Kier molecular flexibility index (Phi) is 6.27. The van der Waals surface area contributed by atoms with Crippen molar-refractivity contribution >= 4 is 17.9 Å². The number of aromatic nitrogens is 2. The van der Waals surface area contributed by atoms with Crippen LogP contribution in [0.15, 0.2) is 36.4 Å². The minimum atomic E-state index is -1.23. The summed E-state index contributed by atoms with van der Waals surface area (Å²) >= 11 is 0. The molecule has 1 aromatic carbocycles. The van der Waals surface area contributed by atoms with Crippen molar-refractivity contribution in [1.82, 2.24) is 14.9 Å². The summed E-state index contributed by atoms with van der Waals surface area (Å²) in [6, 6.07) is 10.7. The molecule has 1 aromatic heterocycles. The second kappa shape index (κ2) is 9.25. The molecule has 30 heavy (non-hydrogen) atoms. The fourth-order valence-electron chi connectivity index (χ4n) is 3.60. The van der Waals surface area contributed by atoms with Crippen LogP contribution in [-0.2, 0) is 16.1 Å². The summed E-state index contributed by atoms with van der Waals surface area (Å²) < 4.78 is 25.3. The standard InChI is InChI=1S/C21H26FN5O3/c1-15-11-19(26-7-9-29-10-8-26)25-20(23-15)24-18-13-27(12-17(18)22)21(28)30-14-16-5-3-2-4-6-16/h2-6,11,17-18H,7-10,12-14H2,1H3,(H,23,24,25). The number of carbonyl (C=O) groups is 1. The van der Waals surface area contributed by atoms with E-state index < -0.39 is 18.3 Å². The molecule has 2 atom stereocenters. The summed E-state index contributed by atoms with van der Waals surface area (Å²) in [6.45, 7) is 5.04. The lowest BCUT2D eigenvalue weighted by molar-refractivity contribution is 0.102. The van der Waals surface area contributed by atoms with Gasteiger partial charge in [0, 0.05) is 31.4 Å². The molecular formula is C21H26FN5O3. The van der Waals surface area contributed by atoms with Gasteiger partial charge in [-0.2, -0.15) is 4.98 Å². The van der Waals surface area contributed by atoms with Crippen LogP contribution in [0.5, 0.6) is 0 Å². The molecule has 8 nitrogen and oxygen atoms in total. The smallest absolute Gasteiger partial charge is 0.410 e. The number of rotatable bonds is 5. The fraction of sp³-hybridized carbons (Fsp3) is 0.476. The summed E-state index contributed by atoms with van der Waals surface area (Å²) in [7, 11) is 0.